The summed E-state index contributed by atoms with van der Waals surface area (Å²) in [5, 5.41) is 0.804. The number of quaternary nitrogens is 1. The highest BCUT2D eigenvalue weighted by Crippen LogP contribution is 2.12. The maximum Gasteiger partial charge on any atom is 0.198 e. The third-order valence-electron chi connectivity index (χ3n) is 4.10. The first-order chi connectivity index (χ1) is 9.65. The number of fused-ring (bicyclic) bond motifs is 1. The Morgan fingerprint density at radius 1 is 1.25 bits per heavy atom. The zero-order chi connectivity index (χ0) is 14.1. The molecule has 0 saturated carbocycles. The van der Waals surface area contributed by atoms with E-state index in [1.165, 1.54) is 4.90 Å². The van der Waals surface area contributed by atoms with Gasteiger partial charge in [-0.25, -0.2) is 0 Å². The molecule has 106 valence electrons. The molecule has 0 spiro atoms. The second-order valence-corrected chi connectivity index (χ2v) is 5.65. The molecule has 2 N–H and O–H groups in total. The first-order valence-electron chi connectivity index (χ1n) is 7.18. The van der Waals surface area contributed by atoms with Crippen LogP contribution in [0.3, 0.4) is 0 Å². The molecular weight excluding hydrogens is 252 g/mol. The Balaban J connectivity index is 2.03. The van der Waals surface area contributed by atoms with E-state index in [0.29, 0.717) is 0 Å². The van der Waals surface area contributed by atoms with Crippen molar-refractivity contribution in [3.05, 3.63) is 45.2 Å². The highest BCUT2D eigenvalue weighted by Gasteiger charge is 2.18. The summed E-state index contributed by atoms with van der Waals surface area (Å²) in [6.07, 6.45) is 0. The first-order valence-corrected chi connectivity index (χ1v) is 7.18. The van der Waals surface area contributed by atoms with Crippen molar-refractivity contribution in [2.75, 3.05) is 26.3 Å². The summed E-state index contributed by atoms with van der Waals surface area (Å²) in [6.45, 7) is 8.34. The second-order valence-electron chi connectivity index (χ2n) is 5.65. The van der Waals surface area contributed by atoms with Crippen LogP contribution in [0.4, 0.5) is 0 Å². The summed E-state index contributed by atoms with van der Waals surface area (Å²) in [5.41, 5.74) is 4.14. The molecule has 0 atom stereocenters. The van der Waals surface area contributed by atoms with Crippen LogP contribution >= 0.6 is 0 Å². The van der Waals surface area contributed by atoms with Gasteiger partial charge in [0.05, 0.1) is 18.8 Å². The molecule has 1 aliphatic heterocycles. The quantitative estimate of drug-likeness (QED) is 0.840. The molecule has 0 unspecified atom stereocenters. The Kier molecular flexibility index (Phi) is 3.59. The Morgan fingerprint density at radius 2 is 2.00 bits per heavy atom. The molecule has 1 fully saturated rings. The van der Waals surface area contributed by atoms with Crippen LogP contribution in [0, 0.1) is 13.8 Å². The topological polar surface area (TPSA) is 46.5 Å². The predicted octanol–water partition coefficient (Wildman–Crippen LogP) is 0.560. The lowest BCUT2D eigenvalue weighted by atomic mass is 10.1. The van der Waals surface area contributed by atoms with Crippen LogP contribution < -0.4 is 10.3 Å². The number of benzene rings is 1. The van der Waals surface area contributed by atoms with E-state index in [0.717, 1.165) is 60.6 Å². The van der Waals surface area contributed by atoms with E-state index in [1.807, 2.05) is 32.0 Å². The van der Waals surface area contributed by atoms with Gasteiger partial charge in [-0.2, -0.15) is 0 Å². The third-order valence-corrected chi connectivity index (χ3v) is 4.10. The van der Waals surface area contributed by atoms with Crippen LogP contribution in [0.25, 0.3) is 10.9 Å². The molecule has 0 bridgehead atoms. The summed E-state index contributed by atoms with van der Waals surface area (Å²) >= 11 is 0. The minimum Gasteiger partial charge on any atom is -0.370 e. The van der Waals surface area contributed by atoms with E-state index in [-0.39, 0.29) is 5.43 Å². The van der Waals surface area contributed by atoms with Gasteiger partial charge >= 0.3 is 0 Å². The van der Waals surface area contributed by atoms with E-state index in [1.54, 1.807) is 0 Å². The molecule has 20 heavy (non-hydrogen) atoms. The van der Waals surface area contributed by atoms with E-state index in [4.69, 9.17) is 4.74 Å². The molecule has 0 amide bonds. The third kappa shape index (κ3) is 2.49. The van der Waals surface area contributed by atoms with Crippen molar-refractivity contribution in [2.45, 2.75) is 20.4 Å². The van der Waals surface area contributed by atoms with Crippen molar-refractivity contribution < 1.29 is 9.64 Å². The van der Waals surface area contributed by atoms with E-state index in [2.05, 4.69) is 4.98 Å². The maximum absolute atomic E-state index is 12.7. The molecule has 3 rings (SSSR count). The normalized spacial score (nSPS) is 16.7. The van der Waals surface area contributed by atoms with Gasteiger partial charge in [0.15, 0.2) is 5.43 Å². The van der Waals surface area contributed by atoms with Crippen molar-refractivity contribution in [3.63, 3.8) is 0 Å². The molecule has 0 radical (unpaired) electrons. The highest BCUT2D eigenvalue weighted by molar-refractivity contribution is 5.80. The Bertz CT molecular complexity index is 685. The van der Waals surface area contributed by atoms with Gasteiger partial charge in [-0.05, 0) is 26.0 Å². The van der Waals surface area contributed by atoms with Gasteiger partial charge in [-0.1, -0.05) is 11.6 Å². The van der Waals surface area contributed by atoms with Gasteiger partial charge in [-0.3, -0.25) is 4.79 Å². The molecule has 1 aliphatic rings. The number of nitrogens with one attached hydrogen (secondary N) is 2. The highest BCUT2D eigenvalue weighted by atomic mass is 16.5. The van der Waals surface area contributed by atoms with Gasteiger partial charge < -0.3 is 14.6 Å². The van der Waals surface area contributed by atoms with Crippen LogP contribution in [-0.2, 0) is 11.3 Å². The molecule has 0 aliphatic carbocycles. The minimum absolute atomic E-state index is 0.180. The van der Waals surface area contributed by atoms with Crippen LogP contribution in [0.2, 0.25) is 0 Å². The molecule has 2 aromatic rings. The van der Waals surface area contributed by atoms with E-state index in [9.17, 15) is 4.79 Å². The SMILES string of the molecule is Cc1ccc2[nH]c(C)c(C[NH+]3CCOCC3)c(=O)c2c1. The minimum atomic E-state index is 0.180. The van der Waals surface area contributed by atoms with Gasteiger partial charge in [0.25, 0.3) is 0 Å². The molecule has 1 aromatic heterocycles. The van der Waals surface area contributed by atoms with Crippen molar-refractivity contribution in [2.24, 2.45) is 0 Å². The fraction of sp³-hybridized carbons (Fsp3) is 0.438. The van der Waals surface area contributed by atoms with Crippen LogP contribution in [0.5, 0.6) is 0 Å². The number of aromatic amines is 1. The zero-order valence-corrected chi connectivity index (χ0v) is 12.1. The fourth-order valence-electron chi connectivity index (χ4n) is 2.86. The van der Waals surface area contributed by atoms with Crippen LogP contribution in [0.1, 0.15) is 16.8 Å². The maximum atomic E-state index is 12.7. The Morgan fingerprint density at radius 3 is 2.75 bits per heavy atom. The monoisotopic (exact) mass is 273 g/mol. The number of hydrogen-bond donors (Lipinski definition) is 2. The van der Waals surface area contributed by atoms with Crippen LogP contribution in [-0.4, -0.2) is 31.3 Å². The summed E-state index contributed by atoms with van der Waals surface area (Å²) in [6, 6.07) is 6.00. The number of ether oxygens (including phenoxy) is 1. The van der Waals surface area contributed by atoms with Crippen LogP contribution in [0.15, 0.2) is 23.0 Å². The van der Waals surface area contributed by atoms with Crippen molar-refractivity contribution >= 4 is 10.9 Å². The number of aromatic nitrogens is 1. The molecular formula is C16H21N2O2+. The summed E-state index contributed by atoms with van der Waals surface area (Å²) in [7, 11) is 0. The van der Waals surface area contributed by atoms with Gasteiger partial charge in [-0.15, -0.1) is 0 Å². The predicted molar refractivity (Wildman–Crippen MR) is 79.3 cm³/mol. The Labute approximate surface area is 118 Å². The van der Waals surface area contributed by atoms with Gasteiger partial charge in [0.1, 0.15) is 19.6 Å². The summed E-state index contributed by atoms with van der Waals surface area (Å²) < 4.78 is 5.38. The second kappa shape index (κ2) is 5.38. The van der Waals surface area contributed by atoms with Crippen molar-refractivity contribution in [1.29, 1.82) is 0 Å². The molecule has 2 heterocycles. The number of hydrogen-bond acceptors (Lipinski definition) is 2. The van der Waals surface area contributed by atoms with E-state index < -0.39 is 0 Å². The molecule has 1 saturated heterocycles. The standard InChI is InChI=1S/C16H20N2O2/c1-11-3-4-15-13(9-11)16(19)14(12(2)17-15)10-18-5-7-20-8-6-18/h3-4,9H,5-8,10H2,1-2H3,(H,17,19)/p+1. The lowest BCUT2D eigenvalue weighted by molar-refractivity contribution is -0.921. The smallest absolute Gasteiger partial charge is 0.198 e. The van der Waals surface area contributed by atoms with Gasteiger partial charge in [0.2, 0.25) is 0 Å². The van der Waals surface area contributed by atoms with E-state index >= 15 is 0 Å². The number of morpholine rings is 1. The largest absolute Gasteiger partial charge is 0.370 e. The summed E-state index contributed by atoms with van der Waals surface area (Å²) in [5.74, 6) is 0. The number of pyridine rings is 1. The Hall–Kier alpha value is -1.65. The number of aryl methyl sites for hydroxylation is 2. The lowest BCUT2D eigenvalue weighted by Crippen LogP contribution is -3.13. The zero-order valence-electron chi connectivity index (χ0n) is 12.1. The number of rotatable bonds is 2. The van der Waals surface area contributed by atoms with Crippen molar-refractivity contribution in [3.8, 4) is 0 Å². The first kappa shape index (κ1) is 13.3. The number of H-pyrrole nitrogens is 1. The van der Waals surface area contributed by atoms with Crippen molar-refractivity contribution in [1.82, 2.24) is 4.98 Å². The molecule has 1 aromatic carbocycles. The van der Waals surface area contributed by atoms with Gasteiger partial charge in [0, 0.05) is 16.6 Å². The lowest BCUT2D eigenvalue weighted by Gasteiger charge is -2.24. The average molecular weight is 273 g/mol. The molecule has 4 heteroatoms. The fourth-order valence-corrected chi connectivity index (χ4v) is 2.86. The average Bonchev–Trinajstić information content (AvgIpc) is 2.46. The molecule has 4 nitrogen and oxygen atoms in total. The summed E-state index contributed by atoms with van der Waals surface area (Å²) in [4.78, 5) is 17.5.